The number of nitrogens with one attached hydrogen (secondary N) is 1. The van der Waals surface area contributed by atoms with E-state index in [0.29, 0.717) is 11.7 Å². The zero-order valence-corrected chi connectivity index (χ0v) is 16.4. The Balaban J connectivity index is 1.97. The van der Waals surface area contributed by atoms with Crippen molar-refractivity contribution in [1.82, 2.24) is 5.43 Å². The number of ether oxygens (including phenoxy) is 1. The van der Waals surface area contributed by atoms with Crippen molar-refractivity contribution in [1.29, 1.82) is 0 Å². The lowest BCUT2D eigenvalue weighted by atomic mass is 10.0. The van der Waals surface area contributed by atoms with Gasteiger partial charge in [0.1, 0.15) is 5.75 Å². The maximum atomic E-state index is 11.9. The number of rotatable bonds is 7. The van der Waals surface area contributed by atoms with Gasteiger partial charge in [-0.3, -0.25) is 14.9 Å². The molecular weight excluding hydrogens is 386 g/mol. The molecule has 0 radical (unpaired) electrons. The molecule has 0 atom stereocenters. The van der Waals surface area contributed by atoms with Crippen LogP contribution >= 0.6 is 11.6 Å². The first-order chi connectivity index (χ1) is 13.2. The SMILES string of the molecule is Cc1cc(C(C)C)ccc1OCC(=O)NN=Cc1cc(Cl)cc([N+](=O)[O-])c1O. The van der Waals surface area contributed by atoms with Gasteiger partial charge in [0.25, 0.3) is 5.91 Å². The third-order valence-electron chi connectivity index (χ3n) is 3.90. The molecule has 2 rings (SSSR count). The Kier molecular flexibility index (Phi) is 6.94. The normalized spacial score (nSPS) is 11.0. The highest BCUT2D eigenvalue weighted by molar-refractivity contribution is 6.31. The summed E-state index contributed by atoms with van der Waals surface area (Å²) in [6.45, 7) is 5.81. The van der Waals surface area contributed by atoms with Crippen LogP contribution in [0, 0.1) is 17.0 Å². The predicted molar refractivity (Wildman–Crippen MR) is 106 cm³/mol. The van der Waals surface area contributed by atoms with E-state index < -0.39 is 22.3 Å². The van der Waals surface area contributed by atoms with Gasteiger partial charge < -0.3 is 9.84 Å². The molecule has 8 nitrogen and oxygen atoms in total. The van der Waals surface area contributed by atoms with Crippen molar-refractivity contribution in [3.8, 4) is 11.5 Å². The summed E-state index contributed by atoms with van der Waals surface area (Å²) >= 11 is 5.79. The van der Waals surface area contributed by atoms with Gasteiger partial charge in [0.2, 0.25) is 5.75 Å². The number of aryl methyl sites for hydroxylation is 1. The standard InChI is InChI=1S/C19H20ClN3O5/c1-11(2)13-4-5-17(12(3)6-13)28-10-18(24)22-21-9-14-7-15(20)8-16(19(14)25)23(26)27/h4-9,11,25H,10H2,1-3H3,(H,22,24). The van der Waals surface area contributed by atoms with E-state index in [1.54, 1.807) is 0 Å². The van der Waals surface area contributed by atoms with Crippen LogP contribution in [0.1, 0.15) is 36.5 Å². The summed E-state index contributed by atoms with van der Waals surface area (Å²) in [5.41, 5.74) is 3.77. The number of halogens is 1. The number of aromatic hydroxyl groups is 1. The van der Waals surface area contributed by atoms with Crippen LogP contribution in [0.2, 0.25) is 5.02 Å². The first-order valence-corrected chi connectivity index (χ1v) is 8.79. The number of nitro benzene ring substituents is 1. The zero-order valence-electron chi connectivity index (χ0n) is 15.6. The lowest BCUT2D eigenvalue weighted by Gasteiger charge is -2.11. The maximum absolute atomic E-state index is 11.9. The monoisotopic (exact) mass is 405 g/mol. The van der Waals surface area contributed by atoms with E-state index in [2.05, 4.69) is 24.4 Å². The summed E-state index contributed by atoms with van der Waals surface area (Å²) in [4.78, 5) is 22.0. The molecular formula is C19H20ClN3O5. The molecule has 0 aromatic heterocycles. The summed E-state index contributed by atoms with van der Waals surface area (Å²) < 4.78 is 5.48. The fourth-order valence-corrected chi connectivity index (χ4v) is 2.61. The van der Waals surface area contributed by atoms with Crippen molar-refractivity contribution in [3.63, 3.8) is 0 Å². The molecule has 0 aliphatic carbocycles. The Morgan fingerprint density at radius 1 is 1.39 bits per heavy atom. The van der Waals surface area contributed by atoms with Crippen molar-refractivity contribution in [2.45, 2.75) is 26.7 Å². The highest BCUT2D eigenvalue weighted by Gasteiger charge is 2.17. The number of amides is 1. The summed E-state index contributed by atoms with van der Waals surface area (Å²) in [6.07, 6.45) is 1.06. The van der Waals surface area contributed by atoms with Gasteiger partial charge in [0.05, 0.1) is 11.1 Å². The second-order valence-corrected chi connectivity index (χ2v) is 6.82. The van der Waals surface area contributed by atoms with Crippen LogP contribution in [-0.4, -0.2) is 28.8 Å². The van der Waals surface area contributed by atoms with Gasteiger partial charge in [-0.05, 0) is 36.1 Å². The summed E-state index contributed by atoms with van der Waals surface area (Å²) in [5, 5.41) is 24.5. The number of nitro groups is 1. The lowest BCUT2D eigenvalue weighted by Crippen LogP contribution is -2.24. The van der Waals surface area contributed by atoms with E-state index in [1.807, 2.05) is 25.1 Å². The Hall–Kier alpha value is -3.13. The Morgan fingerprint density at radius 3 is 2.71 bits per heavy atom. The topological polar surface area (TPSA) is 114 Å². The van der Waals surface area contributed by atoms with E-state index in [4.69, 9.17) is 16.3 Å². The number of carbonyl (C=O) groups excluding carboxylic acids is 1. The van der Waals surface area contributed by atoms with Crippen molar-refractivity contribution in [2.24, 2.45) is 5.10 Å². The van der Waals surface area contributed by atoms with Gasteiger partial charge >= 0.3 is 5.69 Å². The number of carbonyl (C=O) groups is 1. The molecule has 1 amide bonds. The van der Waals surface area contributed by atoms with Crippen LogP contribution in [0.15, 0.2) is 35.4 Å². The Labute approximate surface area is 166 Å². The largest absolute Gasteiger partial charge is 0.502 e. The molecule has 0 fully saturated rings. The molecule has 0 saturated heterocycles. The fraction of sp³-hybridized carbons (Fsp3) is 0.263. The number of phenolic OH excluding ortho intramolecular Hbond substituents is 1. The average molecular weight is 406 g/mol. The average Bonchev–Trinajstić information content (AvgIpc) is 2.62. The number of nitrogens with zero attached hydrogens (tertiary/aromatic N) is 2. The summed E-state index contributed by atoms with van der Waals surface area (Å²) in [7, 11) is 0. The van der Waals surface area contributed by atoms with E-state index in [-0.39, 0.29) is 17.2 Å². The van der Waals surface area contributed by atoms with Gasteiger partial charge in [0, 0.05) is 16.7 Å². The lowest BCUT2D eigenvalue weighted by molar-refractivity contribution is -0.385. The fourth-order valence-electron chi connectivity index (χ4n) is 2.39. The minimum Gasteiger partial charge on any atom is -0.502 e. The smallest absolute Gasteiger partial charge is 0.312 e. The Morgan fingerprint density at radius 2 is 2.11 bits per heavy atom. The molecule has 148 valence electrons. The number of phenols is 1. The summed E-state index contributed by atoms with van der Waals surface area (Å²) in [6, 6.07) is 8.07. The van der Waals surface area contributed by atoms with E-state index >= 15 is 0 Å². The second-order valence-electron chi connectivity index (χ2n) is 6.38. The molecule has 2 aromatic rings. The van der Waals surface area contributed by atoms with E-state index in [1.165, 1.54) is 11.6 Å². The van der Waals surface area contributed by atoms with Gasteiger partial charge in [-0.15, -0.1) is 0 Å². The van der Waals surface area contributed by atoms with Crippen LogP contribution in [0.4, 0.5) is 5.69 Å². The van der Waals surface area contributed by atoms with Crippen LogP contribution in [-0.2, 0) is 4.79 Å². The highest BCUT2D eigenvalue weighted by atomic mass is 35.5. The van der Waals surface area contributed by atoms with Crippen LogP contribution < -0.4 is 10.2 Å². The van der Waals surface area contributed by atoms with Crippen LogP contribution in [0.5, 0.6) is 11.5 Å². The first-order valence-electron chi connectivity index (χ1n) is 8.41. The minimum atomic E-state index is -0.766. The molecule has 9 heteroatoms. The molecule has 0 bridgehead atoms. The molecule has 0 spiro atoms. The molecule has 0 saturated carbocycles. The predicted octanol–water partition coefficient (Wildman–Crippen LogP) is 3.91. The van der Waals surface area contributed by atoms with E-state index in [9.17, 15) is 20.0 Å². The molecule has 0 aliphatic heterocycles. The third kappa shape index (κ3) is 5.43. The number of benzene rings is 2. The van der Waals surface area contributed by atoms with Crippen molar-refractivity contribution in [3.05, 3.63) is 62.2 Å². The van der Waals surface area contributed by atoms with Gasteiger partial charge in [0.15, 0.2) is 6.61 Å². The second kappa shape index (κ2) is 9.18. The molecule has 2 aromatic carbocycles. The quantitative estimate of drug-likeness (QED) is 0.411. The van der Waals surface area contributed by atoms with E-state index in [0.717, 1.165) is 17.8 Å². The molecule has 0 heterocycles. The molecule has 28 heavy (non-hydrogen) atoms. The third-order valence-corrected chi connectivity index (χ3v) is 4.12. The van der Waals surface area contributed by atoms with Gasteiger partial charge in [-0.2, -0.15) is 5.10 Å². The molecule has 0 aliphatic rings. The number of hydrazone groups is 1. The molecule has 2 N–H and O–H groups in total. The minimum absolute atomic E-state index is 0.000497. The summed E-state index contributed by atoms with van der Waals surface area (Å²) in [5.74, 6) is -0.139. The van der Waals surface area contributed by atoms with Crippen molar-refractivity contribution in [2.75, 3.05) is 6.61 Å². The Bertz CT molecular complexity index is 928. The zero-order chi connectivity index (χ0) is 20.8. The maximum Gasteiger partial charge on any atom is 0.312 e. The van der Waals surface area contributed by atoms with Crippen molar-refractivity contribution < 1.29 is 19.6 Å². The van der Waals surface area contributed by atoms with Crippen molar-refractivity contribution >= 4 is 29.4 Å². The van der Waals surface area contributed by atoms with Gasteiger partial charge in [-0.1, -0.05) is 37.6 Å². The molecule has 0 unspecified atom stereocenters. The number of hydrogen-bond acceptors (Lipinski definition) is 6. The van der Waals surface area contributed by atoms with Crippen LogP contribution in [0.25, 0.3) is 0 Å². The van der Waals surface area contributed by atoms with Crippen LogP contribution in [0.3, 0.4) is 0 Å². The highest BCUT2D eigenvalue weighted by Crippen LogP contribution is 2.32. The van der Waals surface area contributed by atoms with Gasteiger partial charge in [-0.25, -0.2) is 5.43 Å². The number of hydrogen-bond donors (Lipinski definition) is 2. The first kappa shape index (κ1) is 21.2.